The van der Waals surface area contributed by atoms with Gasteiger partial charge in [0.1, 0.15) is 30.4 Å². The summed E-state index contributed by atoms with van der Waals surface area (Å²) in [6.07, 6.45) is -0.831. The van der Waals surface area contributed by atoms with Gasteiger partial charge in [-0.25, -0.2) is 14.4 Å². The third-order valence-corrected chi connectivity index (χ3v) is 7.94. The molecule has 1 aromatic heterocycles. The third-order valence-electron chi connectivity index (χ3n) is 7.94. The molecule has 3 N–H and O–H groups in total. The number of nitriles is 1. The van der Waals surface area contributed by atoms with Gasteiger partial charge in [0.15, 0.2) is 12.0 Å². The van der Waals surface area contributed by atoms with E-state index >= 15 is 0 Å². The number of piperazine rings is 1. The monoisotopic (exact) mass is 616 g/mol. The summed E-state index contributed by atoms with van der Waals surface area (Å²) in [5.74, 6) is 0.389. The number of β-amino-alcohol motifs (C(OH)–C–C–N with tert-alkyl or cyclic N) is 1. The van der Waals surface area contributed by atoms with Gasteiger partial charge in [0.25, 0.3) is 5.91 Å². The second-order valence-electron chi connectivity index (χ2n) is 11.1. The van der Waals surface area contributed by atoms with Crippen molar-refractivity contribution in [2.75, 3.05) is 56.0 Å². The molecular formula is C32H37FN8O4. The summed E-state index contributed by atoms with van der Waals surface area (Å²) in [5, 5.41) is 32.3. The Hall–Kier alpha value is -4.64. The van der Waals surface area contributed by atoms with Crippen molar-refractivity contribution in [3.8, 4) is 23.2 Å². The molecule has 2 aliphatic rings. The summed E-state index contributed by atoms with van der Waals surface area (Å²) in [7, 11) is 0. The fraction of sp³-hybridized carbons (Fsp3) is 0.406. The number of likely N-dealkylation sites (tertiary alicyclic amines) is 1. The summed E-state index contributed by atoms with van der Waals surface area (Å²) in [6.45, 7) is 9.10. The van der Waals surface area contributed by atoms with E-state index in [1.807, 2.05) is 24.3 Å². The summed E-state index contributed by atoms with van der Waals surface area (Å²) in [4.78, 5) is 30.8. The minimum atomic E-state index is -1.47. The van der Waals surface area contributed by atoms with Crippen LogP contribution < -0.4 is 15.0 Å². The number of halogens is 1. The lowest BCUT2D eigenvalue weighted by molar-refractivity contribution is -0.143. The van der Waals surface area contributed by atoms with E-state index in [4.69, 9.17) is 4.74 Å². The van der Waals surface area contributed by atoms with Gasteiger partial charge in [0.05, 0.1) is 18.2 Å². The first-order valence-electron chi connectivity index (χ1n) is 14.9. The Morgan fingerprint density at radius 3 is 2.60 bits per heavy atom. The Kier molecular flexibility index (Phi) is 10.2. The van der Waals surface area contributed by atoms with E-state index in [9.17, 15) is 24.7 Å². The fourth-order valence-corrected chi connectivity index (χ4v) is 5.41. The number of hydrogen-bond donors (Lipinski definition) is 3. The van der Waals surface area contributed by atoms with E-state index in [2.05, 4.69) is 42.7 Å². The molecule has 45 heavy (non-hydrogen) atoms. The highest BCUT2D eigenvalue weighted by molar-refractivity contribution is 5.80. The highest BCUT2D eigenvalue weighted by Gasteiger charge is 2.34. The number of nitrogens with zero attached hydrogens (tertiary/aromatic N) is 7. The summed E-state index contributed by atoms with van der Waals surface area (Å²) in [6, 6.07) is 14.9. The van der Waals surface area contributed by atoms with Gasteiger partial charge < -0.3 is 30.1 Å². The zero-order valence-corrected chi connectivity index (χ0v) is 25.1. The van der Waals surface area contributed by atoms with Gasteiger partial charge in [-0.2, -0.15) is 10.2 Å². The molecule has 0 bridgehead atoms. The average molecular weight is 617 g/mol. The minimum Gasteiger partial charge on any atom is -0.486 e. The van der Waals surface area contributed by atoms with Crippen molar-refractivity contribution in [1.29, 1.82) is 5.26 Å². The van der Waals surface area contributed by atoms with Gasteiger partial charge in [0.2, 0.25) is 5.95 Å². The first-order chi connectivity index (χ1) is 21.7. The second-order valence-corrected chi connectivity index (χ2v) is 11.1. The second kappa shape index (κ2) is 14.4. The highest BCUT2D eigenvalue weighted by atomic mass is 19.1. The summed E-state index contributed by atoms with van der Waals surface area (Å²) < 4.78 is 20.7. The summed E-state index contributed by atoms with van der Waals surface area (Å²) in [5.41, 5.74) is 2.66. The Labute approximate surface area is 261 Å². The number of alkyl halides is 1. The Morgan fingerprint density at radius 1 is 1.18 bits per heavy atom. The predicted molar refractivity (Wildman–Crippen MR) is 167 cm³/mol. The SMILES string of the molecule is C=C[C@H](O)CN1CCN(c2ccc(Nc3ncnc(-c4ccc(O[C@H]5CCN(C(=O)[C@H](C)O)C[C@H]5F)c(C#N)c4)n3)cc2)CC1. The van der Waals surface area contributed by atoms with Gasteiger partial charge in [-0.1, -0.05) is 6.08 Å². The molecule has 0 saturated carbocycles. The van der Waals surface area contributed by atoms with E-state index in [0.717, 1.165) is 37.6 Å². The van der Waals surface area contributed by atoms with Crippen LogP contribution in [0.15, 0.2) is 61.4 Å². The maximum absolute atomic E-state index is 14.9. The molecule has 2 aromatic carbocycles. The summed E-state index contributed by atoms with van der Waals surface area (Å²) >= 11 is 0. The van der Waals surface area contributed by atoms with Crippen LogP contribution in [0.1, 0.15) is 18.9 Å². The van der Waals surface area contributed by atoms with Crippen molar-refractivity contribution in [1.82, 2.24) is 24.8 Å². The average Bonchev–Trinajstić information content (AvgIpc) is 3.06. The van der Waals surface area contributed by atoms with Crippen LogP contribution in [0, 0.1) is 11.3 Å². The normalized spacial score (nSPS) is 20.2. The van der Waals surface area contributed by atoms with Crippen LogP contribution >= 0.6 is 0 Å². The maximum atomic E-state index is 14.9. The van der Waals surface area contributed by atoms with Crippen molar-refractivity contribution in [2.45, 2.75) is 37.8 Å². The van der Waals surface area contributed by atoms with Gasteiger partial charge in [-0.3, -0.25) is 9.69 Å². The minimum absolute atomic E-state index is 0.184. The van der Waals surface area contributed by atoms with Crippen molar-refractivity contribution in [3.63, 3.8) is 0 Å². The number of aliphatic hydroxyl groups is 2. The Morgan fingerprint density at radius 2 is 1.93 bits per heavy atom. The number of amides is 1. The molecule has 5 rings (SSSR count). The molecule has 0 radical (unpaired) electrons. The fourth-order valence-electron chi connectivity index (χ4n) is 5.41. The molecule has 0 spiro atoms. The number of rotatable bonds is 10. The quantitative estimate of drug-likeness (QED) is 0.288. The van der Waals surface area contributed by atoms with Crippen LogP contribution in [0.3, 0.4) is 0 Å². The Bertz CT molecular complexity index is 1520. The lowest BCUT2D eigenvalue weighted by Crippen LogP contribution is -2.51. The molecule has 236 valence electrons. The number of aliphatic hydroxyl groups excluding tert-OH is 2. The number of ether oxygens (including phenoxy) is 1. The van der Waals surface area contributed by atoms with E-state index in [1.54, 1.807) is 24.3 Å². The zero-order chi connectivity index (χ0) is 31.9. The van der Waals surface area contributed by atoms with Gasteiger partial charge in [0, 0.05) is 62.6 Å². The van der Waals surface area contributed by atoms with Gasteiger partial charge >= 0.3 is 0 Å². The van der Waals surface area contributed by atoms with E-state index in [-0.39, 0.29) is 30.8 Å². The third kappa shape index (κ3) is 7.91. The van der Waals surface area contributed by atoms with Gasteiger partial charge in [-0.05, 0) is 49.4 Å². The molecule has 0 aliphatic carbocycles. The van der Waals surface area contributed by atoms with Crippen molar-refractivity contribution in [3.05, 3.63) is 67.0 Å². The first-order valence-corrected chi connectivity index (χ1v) is 14.9. The van der Waals surface area contributed by atoms with E-state index < -0.39 is 30.4 Å². The molecule has 2 saturated heterocycles. The topological polar surface area (TPSA) is 151 Å². The molecule has 13 heteroatoms. The van der Waals surface area contributed by atoms with Crippen molar-refractivity contribution >= 4 is 23.2 Å². The maximum Gasteiger partial charge on any atom is 0.251 e. The smallest absolute Gasteiger partial charge is 0.251 e. The predicted octanol–water partition coefficient (Wildman–Crippen LogP) is 2.52. The number of piperidine rings is 1. The van der Waals surface area contributed by atoms with Crippen LogP contribution in [0.5, 0.6) is 5.75 Å². The van der Waals surface area contributed by atoms with Gasteiger partial charge in [-0.15, -0.1) is 6.58 Å². The number of carbonyl (C=O) groups is 1. The first kappa shape index (κ1) is 31.8. The molecule has 2 fully saturated rings. The molecule has 3 heterocycles. The van der Waals surface area contributed by atoms with Crippen LogP contribution in [0.4, 0.5) is 21.7 Å². The van der Waals surface area contributed by atoms with Crippen LogP contribution in [-0.2, 0) is 4.79 Å². The van der Waals surface area contributed by atoms with Crippen LogP contribution in [-0.4, -0.2) is 111 Å². The standard InChI is InChI=1S/C32H37FN8O4/c1-3-26(43)18-39-12-14-40(15-13-39)25-7-5-24(6-8-25)37-32-36-20-35-30(38-32)22-4-9-28(23(16-22)17-34)45-29-10-11-41(19-27(29)33)31(44)21(2)42/h3-9,16,20-21,26-27,29,42-43H,1,10-15,18-19H2,2H3,(H,35,36,37,38)/t21-,26-,27+,29-/m0/s1. The molecule has 3 aromatic rings. The van der Waals surface area contributed by atoms with Crippen LogP contribution in [0.25, 0.3) is 11.4 Å². The number of benzene rings is 2. The number of carbonyl (C=O) groups excluding carboxylic acids is 1. The number of anilines is 3. The molecule has 4 atom stereocenters. The largest absolute Gasteiger partial charge is 0.486 e. The number of aromatic nitrogens is 3. The van der Waals surface area contributed by atoms with E-state index in [0.29, 0.717) is 23.9 Å². The molecule has 1 amide bonds. The van der Waals surface area contributed by atoms with Crippen LogP contribution in [0.2, 0.25) is 0 Å². The zero-order valence-electron chi connectivity index (χ0n) is 25.1. The van der Waals surface area contributed by atoms with E-state index in [1.165, 1.54) is 18.2 Å². The number of hydrogen-bond acceptors (Lipinski definition) is 11. The molecule has 0 unspecified atom stereocenters. The number of nitrogens with one attached hydrogen (secondary N) is 1. The molecular weight excluding hydrogens is 579 g/mol. The molecule has 2 aliphatic heterocycles. The Balaban J connectivity index is 1.20. The van der Waals surface area contributed by atoms with Crippen molar-refractivity contribution < 1.29 is 24.1 Å². The lowest BCUT2D eigenvalue weighted by Gasteiger charge is -2.36. The molecule has 12 nitrogen and oxygen atoms in total. The lowest BCUT2D eigenvalue weighted by atomic mass is 10.0. The highest BCUT2D eigenvalue weighted by Crippen LogP contribution is 2.29. The van der Waals surface area contributed by atoms with Crippen molar-refractivity contribution in [2.24, 2.45) is 0 Å².